The molecule has 0 aliphatic heterocycles. The highest BCUT2D eigenvalue weighted by Gasteiger charge is 2.30. The minimum Gasteiger partial charge on any atom is -0.466 e. The average molecular weight is 417 g/mol. The van der Waals surface area contributed by atoms with Gasteiger partial charge < -0.3 is 14.5 Å². The number of amides is 1. The molecule has 0 radical (unpaired) electrons. The number of hydrogen-bond acceptors (Lipinski definition) is 6. The number of ketones is 2. The van der Waals surface area contributed by atoms with Crippen molar-refractivity contribution in [1.82, 2.24) is 0 Å². The first-order valence-corrected chi connectivity index (χ1v) is 9.67. The van der Waals surface area contributed by atoms with Gasteiger partial charge in [0.2, 0.25) is 0 Å². The van der Waals surface area contributed by atoms with Gasteiger partial charge in [-0.15, -0.1) is 0 Å². The normalized spacial score (nSPS) is 13.3. The monoisotopic (exact) mass is 417 g/mol. The second-order valence-corrected chi connectivity index (χ2v) is 7.33. The molecule has 0 fully saturated rings. The second kappa shape index (κ2) is 7.68. The fourth-order valence-electron chi connectivity index (χ4n) is 3.53. The molecule has 1 aliphatic carbocycles. The molecule has 2 aromatic carbocycles. The summed E-state index contributed by atoms with van der Waals surface area (Å²) in [6.45, 7) is 4.79. The Morgan fingerprint density at radius 2 is 1.52 bits per heavy atom. The summed E-state index contributed by atoms with van der Waals surface area (Å²) in [5.41, 5.74) is 1.78. The van der Waals surface area contributed by atoms with Crippen LogP contribution >= 0.6 is 0 Å². The molecule has 0 unspecified atom stereocenters. The Hall–Kier alpha value is -4.00. The van der Waals surface area contributed by atoms with Crippen molar-refractivity contribution in [2.24, 2.45) is 0 Å². The van der Waals surface area contributed by atoms with Crippen molar-refractivity contribution in [3.8, 4) is 0 Å². The van der Waals surface area contributed by atoms with Crippen LogP contribution in [0, 0.1) is 13.8 Å². The van der Waals surface area contributed by atoms with E-state index in [4.69, 9.17) is 9.15 Å². The standard InChI is InChI=1S/C24H19NO6/c1-12-10-19(13(2)30-12)24(29)31-14(3)23(28)25-15-8-9-18-20(11-15)22(27)17-7-5-4-6-16(17)21(18)26/h4-11,14H,1-3H3,(H,25,28)/t14-/m1/s1. The first-order valence-electron chi connectivity index (χ1n) is 9.67. The van der Waals surface area contributed by atoms with E-state index in [0.717, 1.165) is 0 Å². The van der Waals surface area contributed by atoms with Crippen LogP contribution in [0.1, 0.15) is 60.6 Å². The molecular formula is C24H19NO6. The van der Waals surface area contributed by atoms with E-state index >= 15 is 0 Å². The van der Waals surface area contributed by atoms with Gasteiger partial charge in [0.1, 0.15) is 17.1 Å². The highest BCUT2D eigenvalue weighted by atomic mass is 16.5. The highest BCUT2D eigenvalue weighted by molar-refractivity contribution is 6.28. The van der Waals surface area contributed by atoms with E-state index in [1.54, 1.807) is 44.2 Å². The smallest absolute Gasteiger partial charge is 0.342 e. The molecule has 1 heterocycles. The van der Waals surface area contributed by atoms with Crippen molar-refractivity contribution in [3.63, 3.8) is 0 Å². The van der Waals surface area contributed by atoms with Crippen LogP contribution in [0.5, 0.6) is 0 Å². The summed E-state index contributed by atoms with van der Waals surface area (Å²) in [5, 5.41) is 2.62. The summed E-state index contributed by atoms with van der Waals surface area (Å²) in [6.07, 6.45) is -1.09. The molecule has 31 heavy (non-hydrogen) atoms. The van der Waals surface area contributed by atoms with Gasteiger partial charge in [-0.2, -0.15) is 0 Å². The summed E-state index contributed by atoms with van der Waals surface area (Å²) in [7, 11) is 0. The Labute approximate surface area is 178 Å². The molecule has 1 amide bonds. The number of rotatable bonds is 4. The Morgan fingerprint density at radius 3 is 2.13 bits per heavy atom. The predicted molar refractivity (Wildman–Crippen MR) is 111 cm³/mol. The topological polar surface area (TPSA) is 103 Å². The zero-order valence-corrected chi connectivity index (χ0v) is 17.1. The number of carbonyl (C=O) groups excluding carboxylic acids is 4. The zero-order valence-electron chi connectivity index (χ0n) is 17.1. The van der Waals surface area contributed by atoms with E-state index in [1.165, 1.54) is 25.1 Å². The van der Waals surface area contributed by atoms with Crippen LogP contribution in [-0.2, 0) is 9.53 Å². The number of carbonyl (C=O) groups is 4. The first-order chi connectivity index (χ1) is 14.8. The second-order valence-electron chi connectivity index (χ2n) is 7.33. The Kier molecular flexibility index (Phi) is 5.02. The number of esters is 1. The SMILES string of the molecule is Cc1cc(C(=O)O[C@H](C)C(=O)Nc2ccc3c(c2)C(=O)c2ccccc2C3=O)c(C)o1. The van der Waals surface area contributed by atoms with Crippen LogP contribution < -0.4 is 5.32 Å². The first kappa shape index (κ1) is 20.3. The maximum Gasteiger partial charge on any atom is 0.342 e. The van der Waals surface area contributed by atoms with Crippen molar-refractivity contribution in [3.05, 3.63) is 87.9 Å². The lowest BCUT2D eigenvalue weighted by molar-refractivity contribution is -0.123. The third-order valence-corrected chi connectivity index (χ3v) is 5.11. The van der Waals surface area contributed by atoms with Crippen LogP contribution in [0.3, 0.4) is 0 Å². The van der Waals surface area contributed by atoms with Gasteiger partial charge in [-0.3, -0.25) is 14.4 Å². The maximum atomic E-state index is 12.8. The molecule has 7 nitrogen and oxygen atoms in total. The molecule has 3 aromatic rings. The number of furan rings is 1. The molecule has 0 saturated carbocycles. The average Bonchev–Trinajstić information content (AvgIpc) is 3.10. The molecule has 0 spiro atoms. The third-order valence-electron chi connectivity index (χ3n) is 5.11. The number of hydrogen-bond donors (Lipinski definition) is 1. The fourth-order valence-corrected chi connectivity index (χ4v) is 3.53. The number of benzene rings is 2. The van der Waals surface area contributed by atoms with Crippen molar-refractivity contribution >= 4 is 29.1 Å². The molecule has 1 aliphatic rings. The molecule has 4 rings (SSSR count). The zero-order chi connectivity index (χ0) is 22.3. The van der Waals surface area contributed by atoms with E-state index in [1.807, 2.05) is 0 Å². The van der Waals surface area contributed by atoms with Crippen molar-refractivity contribution in [2.45, 2.75) is 26.9 Å². The van der Waals surface area contributed by atoms with Gasteiger partial charge in [0.05, 0.1) is 0 Å². The molecule has 156 valence electrons. The van der Waals surface area contributed by atoms with Gasteiger partial charge in [-0.25, -0.2) is 4.79 Å². The van der Waals surface area contributed by atoms with Gasteiger partial charge >= 0.3 is 5.97 Å². The Balaban J connectivity index is 1.50. The Morgan fingerprint density at radius 1 is 0.903 bits per heavy atom. The Bertz CT molecular complexity index is 1250. The summed E-state index contributed by atoms with van der Waals surface area (Å²) in [5.74, 6) is -0.784. The van der Waals surface area contributed by atoms with E-state index < -0.39 is 18.0 Å². The van der Waals surface area contributed by atoms with Crippen molar-refractivity contribution in [1.29, 1.82) is 0 Å². The number of ether oxygens (including phenoxy) is 1. The maximum absolute atomic E-state index is 12.8. The summed E-state index contributed by atoms with van der Waals surface area (Å²) in [4.78, 5) is 50.3. The lowest BCUT2D eigenvalue weighted by atomic mass is 9.84. The summed E-state index contributed by atoms with van der Waals surface area (Å²) < 4.78 is 10.5. The molecule has 0 saturated heterocycles. The largest absolute Gasteiger partial charge is 0.466 e. The lowest BCUT2D eigenvalue weighted by Gasteiger charge is -2.19. The van der Waals surface area contributed by atoms with Crippen LogP contribution in [0.2, 0.25) is 0 Å². The van der Waals surface area contributed by atoms with E-state index in [2.05, 4.69) is 5.32 Å². The van der Waals surface area contributed by atoms with E-state index in [9.17, 15) is 19.2 Å². The van der Waals surface area contributed by atoms with Crippen molar-refractivity contribution < 1.29 is 28.3 Å². The van der Waals surface area contributed by atoms with Crippen LogP contribution in [-0.4, -0.2) is 29.5 Å². The third kappa shape index (κ3) is 3.66. The van der Waals surface area contributed by atoms with E-state index in [0.29, 0.717) is 28.3 Å². The van der Waals surface area contributed by atoms with Gasteiger partial charge in [-0.05, 0) is 45.0 Å². The summed E-state index contributed by atoms with van der Waals surface area (Å²) in [6, 6.07) is 12.7. The van der Waals surface area contributed by atoms with Gasteiger partial charge in [0.15, 0.2) is 17.7 Å². The van der Waals surface area contributed by atoms with Crippen LogP contribution in [0.15, 0.2) is 52.9 Å². The molecule has 1 aromatic heterocycles. The van der Waals surface area contributed by atoms with E-state index in [-0.39, 0.29) is 28.3 Å². The minimum absolute atomic E-state index is 0.218. The number of anilines is 1. The molecule has 1 atom stereocenters. The van der Waals surface area contributed by atoms with Crippen LogP contribution in [0.4, 0.5) is 5.69 Å². The highest BCUT2D eigenvalue weighted by Crippen LogP contribution is 2.29. The molecule has 1 N–H and O–H groups in total. The molecule has 7 heteroatoms. The quantitative estimate of drug-likeness (QED) is 0.506. The van der Waals surface area contributed by atoms with Gasteiger partial charge in [-0.1, -0.05) is 24.3 Å². The van der Waals surface area contributed by atoms with Crippen LogP contribution in [0.25, 0.3) is 0 Å². The minimum atomic E-state index is -1.09. The number of fused-ring (bicyclic) bond motifs is 2. The predicted octanol–water partition coefficient (Wildman–Crippen LogP) is 3.86. The van der Waals surface area contributed by atoms with Crippen molar-refractivity contribution in [2.75, 3.05) is 5.32 Å². The lowest BCUT2D eigenvalue weighted by Crippen LogP contribution is -2.30. The van der Waals surface area contributed by atoms with Gasteiger partial charge in [0, 0.05) is 27.9 Å². The number of nitrogens with one attached hydrogen (secondary N) is 1. The van der Waals surface area contributed by atoms with Gasteiger partial charge in [0.25, 0.3) is 5.91 Å². The molecular weight excluding hydrogens is 398 g/mol. The summed E-state index contributed by atoms with van der Waals surface area (Å²) >= 11 is 0. The molecule has 0 bridgehead atoms. The fraction of sp³-hybridized carbons (Fsp3) is 0.167. The number of aryl methyl sites for hydroxylation is 2.